The lowest BCUT2D eigenvalue weighted by Crippen LogP contribution is -1.90. The van der Waals surface area contributed by atoms with Crippen molar-refractivity contribution in [2.75, 3.05) is 12.4 Å². The van der Waals surface area contributed by atoms with Gasteiger partial charge >= 0.3 is 0 Å². The van der Waals surface area contributed by atoms with Crippen molar-refractivity contribution in [3.63, 3.8) is 0 Å². The highest BCUT2D eigenvalue weighted by Gasteiger charge is 1.89. The molecule has 0 radical (unpaired) electrons. The van der Waals surface area contributed by atoms with E-state index in [0.29, 0.717) is 0 Å². The molecule has 0 spiro atoms. The molecule has 0 aliphatic rings. The first-order valence-electron chi connectivity index (χ1n) is 2.49. The van der Waals surface area contributed by atoms with Gasteiger partial charge in [-0.3, -0.25) is 0 Å². The number of halogens is 1. The van der Waals surface area contributed by atoms with Crippen molar-refractivity contribution in [3.8, 4) is 0 Å². The maximum atomic E-state index is 3.71. The van der Waals surface area contributed by atoms with E-state index >= 15 is 0 Å². The van der Waals surface area contributed by atoms with Gasteiger partial charge in [0.1, 0.15) is 4.60 Å². The van der Waals surface area contributed by atoms with Crippen LogP contribution in [0.25, 0.3) is 0 Å². The minimum Gasteiger partial charge on any atom is -0.387 e. The molecule has 1 heterocycles. The molecule has 0 unspecified atom stereocenters. The number of rotatable bonds is 1. The van der Waals surface area contributed by atoms with Crippen LogP contribution in [0.5, 0.6) is 0 Å². The molecule has 1 rings (SSSR count). The van der Waals surface area contributed by atoms with Crippen LogP contribution >= 0.6 is 15.9 Å². The van der Waals surface area contributed by atoms with Gasteiger partial charge in [0.15, 0.2) is 0 Å². The number of anilines is 1. The van der Waals surface area contributed by atoms with Gasteiger partial charge in [0.05, 0.1) is 11.9 Å². The molecule has 1 aromatic rings. The second kappa shape index (κ2) is 2.77. The van der Waals surface area contributed by atoms with Crippen LogP contribution < -0.4 is 5.32 Å². The van der Waals surface area contributed by atoms with Crippen molar-refractivity contribution in [3.05, 3.63) is 16.9 Å². The Bertz CT molecular complexity index is 201. The van der Waals surface area contributed by atoms with Gasteiger partial charge in [-0.25, -0.2) is 0 Å². The van der Waals surface area contributed by atoms with E-state index in [1.54, 1.807) is 6.20 Å². The van der Waals surface area contributed by atoms with E-state index < -0.39 is 0 Å². The molecule has 0 atom stereocenters. The zero-order valence-corrected chi connectivity index (χ0v) is 6.51. The van der Waals surface area contributed by atoms with Gasteiger partial charge < -0.3 is 5.32 Å². The molecular weight excluding hydrogens is 182 g/mol. The summed E-state index contributed by atoms with van der Waals surface area (Å²) in [5, 5.41) is 10.3. The zero-order chi connectivity index (χ0) is 6.69. The van der Waals surface area contributed by atoms with Gasteiger partial charge in [0.2, 0.25) is 0 Å². The largest absolute Gasteiger partial charge is 0.387 e. The third kappa shape index (κ3) is 1.64. The van der Waals surface area contributed by atoms with E-state index in [0.717, 1.165) is 10.3 Å². The van der Waals surface area contributed by atoms with E-state index in [4.69, 9.17) is 0 Å². The van der Waals surface area contributed by atoms with Gasteiger partial charge in [-0.2, -0.15) is 5.10 Å². The summed E-state index contributed by atoms with van der Waals surface area (Å²) < 4.78 is 0.745. The van der Waals surface area contributed by atoms with Crippen molar-refractivity contribution in [1.82, 2.24) is 10.2 Å². The smallest absolute Gasteiger partial charge is 0.130 e. The summed E-state index contributed by atoms with van der Waals surface area (Å²) in [4.78, 5) is 0. The fraction of sp³-hybridized carbons (Fsp3) is 0.200. The minimum atomic E-state index is 0.745. The van der Waals surface area contributed by atoms with Crippen molar-refractivity contribution in [2.45, 2.75) is 0 Å². The molecule has 3 nitrogen and oxygen atoms in total. The van der Waals surface area contributed by atoms with Crippen LogP contribution in [-0.4, -0.2) is 17.2 Å². The highest BCUT2D eigenvalue weighted by Crippen LogP contribution is 2.09. The summed E-state index contributed by atoms with van der Waals surface area (Å²) >= 11 is 3.19. The summed E-state index contributed by atoms with van der Waals surface area (Å²) in [7, 11) is 1.84. The molecule has 1 N–H and O–H groups in total. The summed E-state index contributed by atoms with van der Waals surface area (Å²) in [6.45, 7) is 0. The Hall–Kier alpha value is -0.640. The highest BCUT2D eigenvalue weighted by molar-refractivity contribution is 9.10. The lowest BCUT2D eigenvalue weighted by atomic mass is 10.5. The molecule has 0 aromatic carbocycles. The first kappa shape index (κ1) is 6.48. The predicted molar refractivity (Wildman–Crippen MR) is 39.3 cm³/mol. The Morgan fingerprint density at radius 3 is 2.89 bits per heavy atom. The van der Waals surface area contributed by atoms with Gasteiger partial charge in [-0.15, -0.1) is 5.10 Å². The molecule has 48 valence electrons. The second-order valence-corrected chi connectivity index (χ2v) is 2.33. The van der Waals surface area contributed by atoms with Gasteiger partial charge in [0, 0.05) is 7.05 Å². The van der Waals surface area contributed by atoms with E-state index in [1.165, 1.54) is 0 Å². The summed E-state index contributed by atoms with van der Waals surface area (Å²) in [5.74, 6) is 0. The fourth-order valence-corrected chi connectivity index (χ4v) is 0.816. The number of aromatic nitrogens is 2. The molecule has 0 aliphatic carbocycles. The van der Waals surface area contributed by atoms with Crippen LogP contribution in [0, 0.1) is 0 Å². The number of nitrogens with zero attached hydrogens (tertiary/aromatic N) is 2. The van der Waals surface area contributed by atoms with Crippen LogP contribution in [-0.2, 0) is 0 Å². The minimum absolute atomic E-state index is 0.745. The zero-order valence-electron chi connectivity index (χ0n) is 4.93. The van der Waals surface area contributed by atoms with E-state index in [-0.39, 0.29) is 0 Å². The van der Waals surface area contributed by atoms with Crippen LogP contribution in [0.15, 0.2) is 16.9 Å². The normalized spacial score (nSPS) is 9.11. The molecule has 0 bridgehead atoms. The molecule has 4 heteroatoms. The third-order valence-electron chi connectivity index (χ3n) is 0.913. The van der Waals surface area contributed by atoms with Gasteiger partial charge in [-0.05, 0) is 22.0 Å². The van der Waals surface area contributed by atoms with Gasteiger partial charge in [-0.1, -0.05) is 0 Å². The monoisotopic (exact) mass is 187 g/mol. The summed E-state index contributed by atoms with van der Waals surface area (Å²) in [6.07, 6.45) is 1.66. The first-order chi connectivity index (χ1) is 4.33. The number of hydrogen-bond donors (Lipinski definition) is 1. The van der Waals surface area contributed by atoms with Crippen LogP contribution in [0.3, 0.4) is 0 Å². The Morgan fingerprint density at radius 2 is 2.44 bits per heavy atom. The highest BCUT2D eigenvalue weighted by atomic mass is 79.9. The van der Waals surface area contributed by atoms with E-state index in [2.05, 4.69) is 31.4 Å². The van der Waals surface area contributed by atoms with Crippen molar-refractivity contribution >= 4 is 21.6 Å². The Balaban J connectivity index is 2.94. The van der Waals surface area contributed by atoms with Crippen LogP contribution in [0.2, 0.25) is 0 Å². The Labute approximate surface area is 61.6 Å². The molecule has 0 saturated heterocycles. The molecule has 0 fully saturated rings. The SMILES string of the molecule is CNc1cnnc(Br)c1. The maximum absolute atomic E-state index is 3.71. The second-order valence-electron chi connectivity index (χ2n) is 1.52. The fourth-order valence-electron chi connectivity index (χ4n) is 0.477. The molecule has 0 saturated carbocycles. The van der Waals surface area contributed by atoms with E-state index in [1.807, 2.05) is 13.1 Å². The number of nitrogens with one attached hydrogen (secondary N) is 1. The summed E-state index contributed by atoms with van der Waals surface area (Å²) in [5.41, 5.74) is 0.955. The Morgan fingerprint density at radius 1 is 1.67 bits per heavy atom. The molecular formula is C5H6BrN3. The summed E-state index contributed by atoms with van der Waals surface area (Å²) in [6, 6.07) is 1.85. The molecule has 1 aromatic heterocycles. The Kier molecular flexibility index (Phi) is 2.00. The van der Waals surface area contributed by atoms with E-state index in [9.17, 15) is 0 Å². The van der Waals surface area contributed by atoms with Crippen molar-refractivity contribution in [1.29, 1.82) is 0 Å². The molecule has 0 aliphatic heterocycles. The quantitative estimate of drug-likeness (QED) is 0.721. The first-order valence-corrected chi connectivity index (χ1v) is 3.28. The van der Waals surface area contributed by atoms with Crippen LogP contribution in [0.4, 0.5) is 5.69 Å². The molecule has 0 amide bonds. The lowest BCUT2D eigenvalue weighted by Gasteiger charge is -1.95. The average molecular weight is 188 g/mol. The van der Waals surface area contributed by atoms with Crippen molar-refractivity contribution in [2.24, 2.45) is 0 Å². The topological polar surface area (TPSA) is 37.8 Å². The van der Waals surface area contributed by atoms with Crippen LogP contribution in [0.1, 0.15) is 0 Å². The van der Waals surface area contributed by atoms with Crippen molar-refractivity contribution < 1.29 is 0 Å². The number of hydrogen-bond acceptors (Lipinski definition) is 3. The molecule has 9 heavy (non-hydrogen) atoms. The predicted octanol–water partition coefficient (Wildman–Crippen LogP) is 1.28. The average Bonchev–Trinajstić information content (AvgIpc) is 1.88. The standard InChI is InChI=1S/C5H6BrN3/c1-7-4-2-5(6)9-8-3-4/h2-3H,1H3,(H,7,9). The maximum Gasteiger partial charge on any atom is 0.130 e. The third-order valence-corrected chi connectivity index (χ3v) is 1.30. The van der Waals surface area contributed by atoms with Gasteiger partial charge in [0.25, 0.3) is 0 Å². The lowest BCUT2D eigenvalue weighted by molar-refractivity contribution is 1.01.